The van der Waals surface area contributed by atoms with Crippen LogP contribution in [0.25, 0.3) is 0 Å². The van der Waals surface area contributed by atoms with E-state index in [1.54, 1.807) is 0 Å². The van der Waals surface area contributed by atoms with Crippen molar-refractivity contribution in [3.05, 3.63) is 30.6 Å². The molecule has 5 saturated carbocycles. The maximum absolute atomic E-state index is 12.1. The molecule has 1 aromatic heterocycles. The van der Waals surface area contributed by atoms with Crippen LogP contribution in [0.5, 0.6) is 0 Å². The normalized spacial score (nSPS) is 40.2. The van der Waals surface area contributed by atoms with Gasteiger partial charge in [-0.1, -0.05) is 6.07 Å². The number of carbonyl (C=O) groups excluding carboxylic acids is 1. The molecule has 7 rings (SSSR count). The minimum Gasteiger partial charge on any atom is -1.00 e. The Bertz CT molecular complexity index is 824. The molecule has 6 aliphatic rings. The van der Waals surface area contributed by atoms with Crippen LogP contribution in [-0.4, -0.2) is 23.2 Å². The highest BCUT2D eigenvalue weighted by Crippen LogP contribution is 2.63. The van der Waals surface area contributed by atoms with Crippen molar-refractivity contribution in [3.63, 3.8) is 0 Å². The number of ether oxygens (including phenoxy) is 1. The van der Waals surface area contributed by atoms with Gasteiger partial charge in [0.05, 0.1) is 0 Å². The molecular formula is C23H30ClN3O4. The Labute approximate surface area is 188 Å². The summed E-state index contributed by atoms with van der Waals surface area (Å²) in [4.78, 5) is 24.2. The van der Waals surface area contributed by atoms with Crippen molar-refractivity contribution in [1.29, 1.82) is 0 Å². The second-order valence-electron chi connectivity index (χ2n) is 9.97. The Hall–Kier alpha value is -1.54. The van der Waals surface area contributed by atoms with Crippen molar-refractivity contribution in [2.75, 3.05) is 0 Å². The van der Waals surface area contributed by atoms with Gasteiger partial charge in [0.15, 0.2) is 12.4 Å². The van der Waals surface area contributed by atoms with Gasteiger partial charge in [0.2, 0.25) is 18.1 Å². The van der Waals surface area contributed by atoms with Crippen LogP contribution in [0.3, 0.4) is 0 Å². The number of carbonyl (C=O) groups is 1. The number of hydrazone groups is 1. The van der Waals surface area contributed by atoms with Crippen LogP contribution < -0.4 is 22.4 Å². The number of hydrogen-bond acceptors (Lipinski definition) is 5. The quantitative estimate of drug-likeness (QED) is 0.397. The van der Waals surface area contributed by atoms with Crippen molar-refractivity contribution < 1.29 is 36.3 Å². The molecule has 2 spiro atoms. The zero-order chi connectivity index (χ0) is 20.2. The van der Waals surface area contributed by atoms with E-state index in [0.717, 1.165) is 43.2 Å². The molecule has 5 aliphatic carbocycles. The number of amides is 1. The van der Waals surface area contributed by atoms with Gasteiger partial charge < -0.3 is 17.1 Å². The number of nitrogens with one attached hydrogen (secondary N) is 1. The smallest absolute Gasteiger partial charge is 0.305 e. The van der Waals surface area contributed by atoms with Gasteiger partial charge in [-0.15, -0.1) is 0 Å². The summed E-state index contributed by atoms with van der Waals surface area (Å²) in [5.74, 6) is 1.43. The lowest BCUT2D eigenvalue weighted by atomic mass is 9.53. The van der Waals surface area contributed by atoms with E-state index >= 15 is 0 Å². The molecule has 4 bridgehead atoms. The molecule has 1 amide bonds. The molecule has 7 nitrogen and oxygen atoms in total. The highest BCUT2D eigenvalue weighted by molar-refractivity contribution is 5.86. The third-order valence-electron chi connectivity index (χ3n) is 7.98. The van der Waals surface area contributed by atoms with E-state index in [4.69, 9.17) is 14.5 Å². The first kappa shape index (κ1) is 21.3. The number of nitrogens with zero attached hydrogens (tertiary/aromatic N) is 2. The van der Waals surface area contributed by atoms with Gasteiger partial charge in [-0.25, -0.2) is 5.43 Å². The van der Waals surface area contributed by atoms with Gasteiger partial charge in [0.1, 0.15) is 0 Å². The van der Waals surface area contributed by atoms with Crippen LogP contribution in [0.4, 0.5) is 0 Å². The maximum atomic E-state index is 12.1. The van der Waals surface area contributed by atoms with Crippen molar-refractivity contribution in [1.82, 2.24) is 5.43 Å². The van der Waals surface area contributed by atoms with Crippen LogP contribution in [-0.2, 0) is 25.9 Å². The number of hydrogen-bond donors (Lipinski definition) is 1. The van der Waals surface area contributed by atoms with E-state index in [1.807, 2.05) is 35.2 Å². The van der Waals surface area contributed by atoms with Crippen molar-refractivity contribution in [3.8, 4) is 0 Å². The monoisotopic (exact) mass is 447 g/mol. The molecule has 1 aromatic rings. The summed E-state index contributed by atoms with van der Waals surface area (Å²) < 4.78 is 8.54. The molecule has 1 N–H and O–H groups in total. The zero-order valence-corrected chi connectivity index (χ0v) is 18.4. The average molecular weight is 448 g/mol. The van der Waals surface area contributed by atoms with E-state index in [9.17, 15) is 4.79 Å². The lowest BCUT2D eigenvalue weighted by molar-refractivity contribution is -0.684. The van der Waals surface area contributed by atoms with Crippen molar-refractivity contribution in [2.45, 2.75) is 75.9 Å². The SMILES string of the molecule is O=C(C[n+]1ccccc1)NN=C1CCC2(CC1)OOC1(O2)C2CC3CC(C2)CC1C3.[Cl-]. The van der Waals surface area contributed by atoms with Gasteiger partial charge in [-0.3, -0.25) is 4.79 Å². The third-order valence-corrected chi connectivity index (χ3v) is 7.98. The minimum atomic E-state index is -0.641. The standard InChI is InChI=1S/C23H29N3O4.ClH/c27-21(15-26-8-2-1-3-9-26)25-24-20-4-6-22(7-5-20)28-23(30-29-22)18-11-16-10-17(13-18)14-19(23)12-16;/h1-3,8-9,16-19H,4-7,10-15H2;1H. The fourth-order valence-corrected chi connectivity index (χ4v) is 6.71. The second-order valence-corrected chi connectivity index (χ2v) is 9.97. The van der Waals surface area contributed by atoms with Gasteiger partial charge >= 0.3 is 5.91 Å². The molecular weight excluding hydrogens is 418 g/mol. The topological polar surface area (TPSA) is 73.0 Å². The van der Waals surface area contributed by atoms with Crippen LogP contribution in [0.2, 0.25) is 0 Å². The molecule has 0 unspecified atom stereocenters. The number of halogens is 1. The van der Waals surface area contributed by atoms with Gasteiger partial charge in [0.25, 0.3) is 0 Å². The van der Waals surface area contributed by atoms with E-state index < -0.39 is 11.6 Å². The maximum Gasteiger partial charge on any atom is 0.305 e. The summed E-state index contributed by atoms with van der Waals surface area (Å²) in [5, 5.41) is 4.36. The first-order chi connectivity index (χ1) is 14.6. The zero-order valence-electron chi connectivity index (χ0n) is 17.7. The van der Waals surface area contributed by atoms with E-state index in [1.165, 1.54) is 32.1 Å². The van der Waals surface area contributed by atoms with Gasteiger partial charge in [-0.2, -0.15) is 19.4 Å². The second kappa shape index (κ2) is 8.10. The van der Waals surface area contributed by atoms with Gasteiger partial charge in [-0.05, 0) is 56.8 Å². The number of pyridine rings is 1. The van der Waals surface area contributed by atoms with Gasteiger partial charge in [0, 0.05) is 42.5 Å². The van der Waals surface area contributed by atoms with Crippen LogP contribution in [0.1, 0.15) is 57.8 Å². The molecule has 2 heterocycles. The van der Waals surface area contributed by atoms with Crippen LogP contribution in [0.15, 0.2) is 35.7 Å². The molecule has 6 fully saturated rings. The fraction of sp³-hybridized carbons (Fsp3) is 0.696. The summed E-state index contributed by atoms with van der Waals surface area (Å²) in [6.45, 7) is 0.259. The molecule has 31 heavy (non-hydrogen) atoms. The molecule has 1 aliphatic heterocycles. The third kappa shape index (κ3) is 3.80. The van der Waals surface area contributed by atoms with Crippen LogP contribution in [0, 0.1) is 23.7 Å². The van der Waals surface area contributed by atoms with E-state index in [0.29, 0.717) is 11.8 Å². The van der Waals surface area contributed by atoms with Crippen molar-refractivity contribution >= 4 is 11.6 Å². The molecule has 1 saturated heterocycles. The predicted molar refractivity (Wildman–Crippen MR) is 106 cm³/mol. The Balaban J connectivity index is 0.00000204. The molecule has 168 valence electrons. The summed E-state index contributed by atoms with van der Waals surface area (Å²) in [7, 11) is 0. The molecule has 8 heteroatoms. The average Bonchev–Trinajstić information content (AvgIpc) is 3.12. The first-order valence-corrected chi connectivity index (χ1v) is 11.5. The largest absolute Gasteiger partial charge is 1.00 e. The summed E-state index contributed by atoms with van der Waals surface area (Å²) >= 11 is 0. The Morgan fingerprint density at radius 2 is 1.65 bits per heavy atom. The van der Waals surface area contributed by atoms with Crippen LogP contribution >= 0.6 is 0 Å². The highest BCUT2D eigenvalue weighted by atomic mass is 35.5. The fourth-order valence-electron chi connectivity index (χ4n) is 6.71. The highest BCUT2D eigenvalue weighted by Gasteiger charge is 2.66. The van der Waals surface area contributed by atoms with Crippen molar-refractivity contribution in [2.24, 2.45) is 28.8 Å². The lowest BCUT2D eigenvalue weighted by Crippen LogP contribution is -3.00. The first-order valence-electron chi connectivity index (χ1n) is 11.5. The Morgan fingerprint density at radius 1 is 1.00 bits per heavy atom. The van der Waals surface area contributed by atoms with E-state index in [2.05, 4.69) is 10.5 Å². The minimum absolute atomic E-state index is 0. The molecule has 0 aromatic carbocycles. The Kier molecular flexibility index (Phi) is 5.57. The lowest BCUT2D eigenvalue weighted by Gasteiger charge is -2.57. The van der Waals surface area contributed by atoms with E-state index in [-0.39, 0.29) is 24.9 Å². The number of rotatable bonds is 3. The predicted octanol–water partition coefficient (Wildman–Crippen LogP) is -0.149. The number of aromatic nitrogens is 1. The molecule has 0 radical (unpaired) electrons. The summed E-state index contributed by atoms with van der Waals surface area (Å²) in [6, 6.07) is 5.73. The molecule has 0 atom stereocenters. The Morgan fingerprint density at radius 3 is 2.29 bits per heavy atom. The summed E-state index contributed by atoms with van der Waals surface area (Å²) in [5.41, 5.74) is 3.69. The summed E-state index contributed by atoms with van der Waals surface area (Å²) in [6.07, 6.45) is 13.0.